The highest BCUT2D eigenvalue weighted by atomic mass is 16.6. The molecule has 2 heterocycles. The Labute approximate surface area is 151 Å². The van der Waals surface area contributed by atoms with Crippen LogP contribution in [0.25, 0.3) is 0 Å². The summed E-state index contributed by atoms with van der Waals surface area (Å²) in [6.07, 6.45) is 0.487. The maximum Gasteiger partial charge on any atom is 0.344 e. The molecule has 1 fully saturated rings. The lowest BCUT2D eigenvalue weighted by Crippen LogP contribution is -2.46. The van der Waals surface area contributed by atoms with Crippen LogP contribution in [-0.2, 0) is 14.3 Å². The first-order valence-electron chi connectivity index (χ1n) is 8.58. The Morgan fingerprint density at radius 3 is 2.73 bits per heavy atom. The minimum Gasteiger partial charge on any atom is -0.493 e. The molecule has 1 N–H and O–H groups in total. The first kappa shape index (κ1) is 18.0. The molecule has 0 aromatic heterocycles. The van der Waals surface area contributed by atoms with E-state index in [0.29, 0.717) is 24.3 Å². The van der Waals surface area contributed by atoms with E-state index in [2.05, 4.69) is 5.32 Å². The molecular formula is C18H22N2O6. The molecule has 0 bridgehead atoms. The number of likely N-dealkylation sites (tertiary alicyclic amines) is 1. The van der Waals surface area contributed by atoms with E-state index in [1.807, 2.05) is 6.92 Å². The third-order valence-electron chi connectivity index (χ3n) is 4.63. The molecule has 2 atom stereocenters. The summed E-state index contributed by atoms with van der Waals surface area (Å²) in [6, 6.07) is 2.66. The molecule has 1 aromatic rings. The minimum absolute atomic E-state index is 0.220. The molecule has 1 saturated heterocycles. The van der Waals surface area contributed by atoms with Crippen LogP contribution in [0.3, 0.4) is 0 Å². The van der Waals surface area contributed by atoms with Crippen LogP contribution in [0.1, 0.15) is 48.3 Å². The average Bonchev–Trinajstić information content (AvgIpc) is 3.18. The van der Waals surface area contributed by atoms with Gasteiger partial charge in [0.25, 0.3) is 0 Å². The van der Waals surface area contributed by atoms with Crippen molar-refractivity contribution in [3.05, 3.63) is 23.3 Å². The van der Waals surface area contributed by atoms with E-state index in [9.17, 15) is 14.4 Å². The van der Waals surface area contributed by atoms with Crippen molar-refractivity contribution < 1.29 is 28.6 Å². The van der Waals surface area contributed by atoms with Crippen LogP contribution in [-0.4, -0.2) is 49.5 Å². The SMILES string of the molecule is CCCNC(=O)[C@@H]1CCC(=O)N1[C@H]1OC(=O)c2c1ccc(OC)c2OC. The molecule has 0 aliphatic carbocycles. The number of fused-ring (bicyclic) bond motifs is 1. The number of nitrogens with one attached hydrogen (secondary N) is 1. The number of rotatable bonds is 6. The number of hydrogen-bond acceptors (Lipinski definition) is 6. The van der Waals surface area contributed by atoms with Gasteiger partial charge in [0.1, 0.15) is 11.6 Å². The summed E-state index contributed by atoms with van der Waals surface area (Å²) in [5, 5.41) is 2.81. The summed E-state index contributed by atoms with van der Waals surface area (Å²) in [5.41, 5.74) is 0.723. The highest BCUT2D eigenvalue weighted by molar-refractivity contribution is 5.99. The van der Waals surface area contributed by atoms with Crippen molar-refractivity contribution in [2.24, 2.45) is 0 Å². The van der Waals surface area contributed by atoms with Gasteiger partial charge in [-0.1, -0.05) is 6.92 Å². The molecule has 0 saturated carbocycles. The molecule has 140 valence electrons. The fourth-order valence-corrected chi connectivity index (χ4v) is 3.41. The number of benzene rings is 1. The Morgan fingerprint density at radius 2 is 2.08 bits per heavy atom. The minimum atomic E-state index is -0.940. The number of carbonyl (C=O) groups is 3. The fraction of sp³-hybridized carbons (Fsp3) is 0.500. The Morgan fingerprint density at radius 1 is 1.31 bits per heavy atom. The number of hydrogen-bond donors (Lipinski definition) is 1. The van der Waals surface area contributed by atoms with Crippen molar-refractivity contribution in [2.45, 2.75) is 38.5 Å². The van der Waals surface area contributed by atoms with Crippen LogP contribution in [0.5, 0.6) is 11.5 Å². The van der Waals surface area contributed by atoms with E-state index in [4.69, 9.17) is 14.2 Å². The Hall–Kier alpha value is -2.77. The molecule has 0 unspecified atom stereocenters. The molecule has 1 aromatic carbocycles. The van der Waals surface area contributed by atoms with Crippen molar-refractivity contribution >= 4 is 17.8 Å². The fourth-order valence-electron chi connectivity index (χ4n) is 3.41. The van der Waals surface area contributed by atoms with E-state index in [0.717, 1.165) is 6.42 Å². The standard InChI is InChI=1S/C18H22N2O6/c1-4-9-19-16(22)11-6-8-13(21)20(11)17-10-5-7-12(24-2)15(25-3)14(10)18(23)26-17/h5,7,11,17H,4,6,8-9H2,1-3H3,(H,19,22)/t11-,17-/m0/s1. The van der Waals surface area contributed by atoms with Crippen LogP contribution in [0, 0.1) is 0 Å². The normalized spacial score (nSPS) is 21.4. The van der Waals surface area contributed by atoms with Crippen molar-refractivity contribution in [1.29, 1.82) is 0 Å². The number of amides is 2. The Bertz CT molecular complexity index is 747. The average molecular weight is 362 g/mol. The summed E-state index contributed by atoms with van der Waals surface area (Å²) in [7, 11) is 2.90. The topological polar surface area (TPSA) is 94.2 Å². The number of ether oxygens (including phenoxy) is 3. The second kappa shape index (κ2) is 7.23. The molecule has 26 heavy (non-hydrogen) atoms. The molecule has 2 aliphatic heterocycles. The van der Waals surface area contributed by atoms with E-state index in [1.54, 1.807) is 12.1 Å². The third-order valence-corrected chi connectivity index (χ3v) is 4.63. The number of carbonyl (C=O) groups excluding carboxylic acids is 3. The first-order chi connectivity index (χ1) is 12.5. The van der Waals surface area contributed by atoms with Crippen LogP contribution < -0.4 is 14.8 Å². The van der Waals surface area contributed by atoms with Gasteiger partial charge < -0.3 is 19.5 Å². The van der Waals surface area contributed by atoms with Gasteiger partial charge in [-0.25, -0.2) is 4.79 Å². The number of nitrogens with zero attached hydrogens (tertiary/aromatic N) is 1. The molecule has 2 aliphatic rings. The maximum absolute atomic E-state index is 12.4. The van der Waals surface area contributed by atoms with Crippen molar-refractivity contribution in [3.8, 4) is 11.5 Å². The Balaban J connectivity index is 1.97. The summed E-state index contributed by atoms with van der Waals surface area (Å²) in [4.78, 5) is 38.7. The number of esters is 1. The molecular weight excluding hydrogens is 340 g/mol. The van der Waals surface area contributed by atoms with Crippen LogP contribution in [0.4, 0.5) is 0 Å². The molecule has 3 rings (SSSR count). The first-order valence-corrected chi connectivity index (χ1v) is 8.58. The van der Waals surface area contributed by atoms with E-state index in [1.165, 1.54) is 19.1 Å². The van der Waals surface area contributed by atoms with Gasteiger partial charge in [0.2, 0.25) is 18.0 Å². The van der Waals surface area contributed by atoms with Gasteiger partial charge in [-0.15, -0.1) is 0 Å². The molecule has 0 spiro atoms. The molecule has 8 nitrogen and oxygen atoms in total. The number of methoxy groups -OCH3 is 2. The van der Waals surface area contributed by atoms with Crippen LogP contribution in [0.15, 0.2) is 12.1 Å². The van der Waals surface area contributed by atoms with Gasteiger partial charge in [-0.05, 0) is 25.0 Å². The summed E-state index contributed by atoms with van der Waals surface area (Å²) >= 11 is 0. The lowest BCUT2D eigenvalue weighted by Gasteiger charge is -2.29. The van der Waals surface area contributed by atoms with Crippen molar-refractivity contribution in [3.63, 3.8) is 0 Å². The van der Waals surface area contributed by atoms with Gasteiger partial charge in [-0.2, -0.15) is 0 Å². The predicted octanol–water partition coefficient (Wildman–Crippen LogP) is 1.39. The number of cyclic esters (lactones) is 1. The smallest absolute Gasteiger partial charge is 0.344 e. The van der Waals surface area contributed by atoms with E-state index in [-0.39, 0.29) is 29.5 Å². The van der Waals surface area contributed by atoms with Gasteiger partial charge in [-0.3, -0.25) is 14.5 Å². The van der Waals surface area contributed by atoms with E-state index >= 15 is 0 Å². The van der Waals surface area contributed by atoms with Crippen molar-refractivity contribution in [1.82, 2.24) is 10.2 Å². The molecule has 0 radical (unpaired) electrons. The quantitative estimate of drug-likeness (QED) is 0.769. The Kier molecular flexibility index (Phi) is 5.01. The third kappa shape index (κ3) is 2.85. The maximum atomic E-state index is 12.4. The zero-order chi connectivity index (χ0) is 18.8. The predicted molar refractivity (Wildman–Crippen MR) is 90.9 cm³/mol. The second-order valence-corrected chi connectivity index (χ2v) is 6.17. The monoisotopic (exact) mass is 362 g/mol. The highest BCUT2D eigenvalue weighted by Gasteiger charge is 2.47. The summed E-state index contributed by atoms with van der Waals surface area (Å²) < 4.78 is 16.0. The van der Waals surface area contributed by atoms with Gasteiger partial charge >= 0.3 is 5.97 Å². The summed E-state index contributed by atoms with van der Waals surface area (Å²) in [5.74, 6) is -0.400. The second-order valence-electron chi connectivity index (χ2n) is 6.17. The molecule has 8 heteroatoms. The van der Waals surface area contributed by atoms with Gasteiger partial charge in [0.05, 0.1) is 14.2 Å². The lowest BCUT2D eigenvalue weighted by atomic mass is 10.1. The lowest BCUT2D eigenvalue weighted by molar-refractivity contribution is -0.145. The highest BCUT2D eigenvalue weighted by Crippen LogP contribution is 2.45. The largest absolute Gasteiger partial charge is 0.493 e. The molecule has 2 amide bonds. The zero-order valence-corrected chi connectivity index (χ0v) is 15.0. The van der Waals surface area contributed by atoms with Crippen LogP contribution in [0.2, 0.25) is 0 Å². The van der Waals surface area contributed by atoms with Crippen molar-refractivity contribution in [2.75, 3.05) is 20.8 Å². The van der Waals surface area contributed by atoms with E-state index < -0.39 is 18.2 Å². The zero-order valence-electron chi connectivity index (χ0n) is 15.0. The van der Waals surface area contributed by atoms with Gasteiger partial charge in [0.15, 0.2) is 11.5 Å². The van der Waals surface area contributed by atoms with Gasteiger partial charge in [0, 0.05) is 18.5 Å². The van der Waals surface area contributed by atoms with Crippen LogP contribution >= 0.6 is 0 Å². The summed E-state index contributed by atoms with van der Waals surface area (Å²) in [6.45, 7) is 2.48.